The van der Waals surface area contributed by atoms with Crippen LogP contribution in [0.4, 0.5) is 0 Å². The molecule has 0 radical (unpaired) electrons. The van der Waals surface area contributed by atoms with Crippen LogP contribution in [0.25, 0.3) is 0 Å². The molecule has 5 heteroatoms. The number of pyridine rings is 1. The number of aliphatic imine (C=N–C) groups is 1. The van der Waals surface area contributed by atoms with E-state index in [9.17, 15) is 0 Å². The minimum absolute atomic E-state index is 0.0246. The normalized spacial score (nSPS) is 12.1. The second-order valence-electron chi connectivity index (χ2n) is 6.31. The first kappa shape index (κ1) is 18.3. The molecule has 0 bridgehead atoms. The van der Waals surface area contributed by atoms with E-state index in [0.29, 0.717) is 0 Å². The fraction of sp³-hybridized carbons (Fsp3) is 0.368. The van der Waals surface area contributed by atoms with Gasteiger partial charge in [-0.3, -0.25) is 9.98 Å². The molecule has 1 aromatic carbocycles. The molecule has 128 valence electrons. The molecule has 0 spiro atoms. The van der Waals surface area contributed by atoms with E-state index in [1.807, 2.05) is 36.5 Å². The van der Waals surface area contributed by atoms with Crippen molar-refractivity contribution in [3.05, 3.63) is 64.9 Å². The van der Waals surface area contributed by atoms with Gasteiger partial charge in [-0.2, -0.15) is 0 Å². The van der Waals surface area contributed by atoms with Gasteiger partial charge >= 0.3 is 0 Å². The molecule has 1 heterocycles. The molecule has 0 aliphatic heterocycles. The van der Waals surface area contributed by atoms with Gasteiger partial charge in [0, 0.05) is 48.9 Å². The Bertz CT molecular complexity index is 651. The molecule has 24 heavy (non-hydrogen) atoms. The van der Waals surface area contributed by atoms with Gasteiger partial charge in [0.05, 0.1) is 0 Å². The molecule has 2 rings (SSSR count). The maximum Gasteiger partial charge on any atom is 0.191 e. The van der Waals surface area contributed by atoms with Gasteiger partial charge in [0.25, 0.3) is 0 Å². The summed E-state index contributed by atoms with van der Waals surface area (Å²) in [5.41, 5.74) is 2.29. The van der Waals surface area contributed by atoms with Gasteiger partial charge in [-0.15, -0.1) is 0 Å². The molecule has 0 aliphatic carbocycles. The molecule has 4 nitrogen and oxygen atoms in total. The highest BCUT2D eigenvalue weighted by molar-refractivity contribution is 6.30. The molecule has 0 atom stereocenters. The number of hydrogen-bond donors (Lipinski definition) is 2. The van der Waals surface area contributed by atoms with Gasteiger partial charge in [-0.05, 0) is 29.8 Å². The Morgan fingerprint density at radius 1 is 1.12 bits per heavy atom. The average molecular weight is 345 g/mol. The summed E-state index contributed by atoms with van der Waals surface area (Å²) >= 11 is 5.97. The third-order valence-corrected chi connectivity index (χ3v) is 4.20. The van der Waals surface area contributed by atoms with E-state index >= 15 is 0 Å². The average Bonchev–Trinajstić information content (AvgIpc) is 2.59. The Balaban J connectivity index is 1.83. The van der Waals surface area contributed by atoms with Crippen molar-refractivity contribution < 1.29 is 0 Å². The number of benzene rings is 1. The molecule has 0 amide bonds. The molecule has 0 unspecified atom stereocenters. The summed E-state index contributed by atoms with van der Waals surface area (Å²) < 4.78 is 0. The van der Waals surface area contributed by atoms with Crippen molar-refractivity contribution in [1.82, 2.24) is 15.6 Å². The minimum atomic E-state index is -0.0246. The molecular weight excluding hydrogens is 320 g/mol. The number of nitrogens with zero attached hydrogens (tertiary/aromatic N) is 2. The van der Waals surface area contributed by atoms with Crippen LogP contribution >= 0.6 is 11.6 Å². The van der Waals surface area contributed by atoms with Gasteiger partial charge in [0.15, 0.2) is 5.96 Å². The van der Waals surface area contributed by atoms with Crippen LogP contribution in [-0.4, -0.2) is 31.1 Å². The topological polar surface area (TPSA) is 49.3 Å². The molecule has 0 saturated heterocycles. The van der Waals surface area contributed by atoms with Crippen LogP contribution in [-0.2, 0) is 11.8 Å². The number of rotatable bonds is 6. The summed E-state index contributed by atoms with van der Waals surface area (Å²) in [4.78, 5) is 8.61. The summed E-state index contributed by atoms with van der Waals surface area (Å²) in [6.07, 6.45) is 2.68. The summed E-state index contributed by atoms with van der Waals surface area (Å²) in [5, 5.41) is 7.48. The first-order chi connectivity index (χ1) is 11.5. The number of halogens is 1. The largest absolute Gasteiger partial charge is 0.356 e. The lowest BCUT2D eigenvalue weighted by molar-refractivity contribution is 0.508. The molecule has 2 aromatic rings. The van der Waals surface area contributed by atoms with Crippen LogP contribution in [0.3, 0.4) is 0 Å². The Morgan fingerprint density at radius 2 is 1.88 bits per heavy atom. The Kier molecular flexibility index (Phi) is 6.62. The van der Waals surface area contributed by atoms with Crippen LogP contribution < -0.4 is 10.6 Å². The van der Waals surface area contributed by atoms with Crippen LogP contribution in [0.15, 0.2) is 53.7 Å². The predicted molar refractivity (Wildman–Crippen MR) is 102 cm³/mol. The van der Waals surface area contributed by atoms with Crippen molar-refractivity contribution in [2.24, 2.45) is 4.99 Å². The zero-order valence-electron chi connectivity index (χ0n) is 14.5. The van der Waals surface area contributed by atoms with E-state index in [-0.39, 0.29) is 5.41 Å². The zero-order chi connectivity index (χ0) is 17.4. The van der Waals surface area contributed by atoms with E-state index in [0.717, 1.165) is 36.2 Å². The van der Waals surface area contributed by atoms with E-state index in [1.54, 1.807) is 7.05 Å². The fourth-order valence-corrected chi connectivity index (χ4v) is 2.51. The van der Waals surface area contributed by atoms with E-state index in [1.165, 1.54) is 5.56 Å². The Morgan fingerprint density at radius 3 is 2.50 bits per heavy atom. The smallest absolute Gasteiger partial charge is 0.191 e. The highest BCUT2D eigenvalue weighted by Crippen LogP contribution is 2.23. The van der Waals surface area contributed by atoms with Crippen molar-refractivity contribution in [2.45, 2.75) is 25.7 Å². The van der Waals surface area contributed by atoms with Gasteiger partial charge in [0.1, 0.15) is 0 Å². The van der Waals surface area contributed by atoms with Crippen LogP contribution in [0.2, 0.25) is 5.02 Å². The SMILES string of the molecule is CN=C(NCCc1ccccn1)NCC(C)(C)c1ccc(Cl)cc1. The lowest BCUT2D eigenvalue weighted by Gasteiger charge is -2.27. The Labute approximate surface area is 149 Å². The van der Waals surface area contributed by atoms with E-state index in [4.69, 9.17) is 11.6 Å². The highest BCUT2D eigenvalue weighted by atomic mass is 35.5. The van der Waals surface area contributed by atoms with E-state index < -0.39 is 0 Å². The number of nitrogens with one attached hydrogen (secondary N) is 2. The van der Waals surface area contributed by atoms with Crippen molar-refractivity contribution in [3.8, 4) is 0 Å². The van der Waals surface area contributed by atoms with Crippen LogP contribution in [0, 0.1) is 0 Å². The maximum atomic E-state index is 5.97. The second-order valence-corrected chi connectivity index (χ2v) is 6.75. The first-order valence-electron chi connectivity index (χ1n) is 8.12. The van der Waals surface area contributed by atoms with Crippen LogP contribution in [0.5, 0.6) is 0 Å². The third-order valence-electron chi connectivity index (χ3n) is 3.95. The second kappa shape index (κ2) is 8.69. The van der Waals surface area contributed by atoms with Gasteiger partial charge < -0.3 is 10.6 Å². The molecule has 2 N–H and O–H groups in total. The number of hydrogen-bond acceptors (Lipinski definition) is 2. The lowest BCUT2D eigenvalue weighted by Crippen LogP contribution is -2.44. The molecule has 0 aliphatic rings. The maximum absolute atomic E-state index is 5.97. The third kappa shape index (κ3) is 5.53. The van der Waals surface area contributed by atoms with Crippen molar-refractivity contribution >= 4 is 17.6 Å². The van der Waals surface area contributed by atoms with Crippen molar-refractivity contribution in [3.63, 3.8) is 0 Å². The number of guanidine groups is 1. The molecule has 0 saturated carbocycles. The van der Waals surface area contributed by atoms with Crippen molar-refractivity contribution in [2.75, 3.05) is 20.1 Å². The monoisotopic (exact) mass is 344 g/mol. The highest BCUT2D eigenvalue weighted by Gasteiger charge is 2.20. The summed E-state index contributed by atoms with van der Waals surface area (Å²) in [6.45, 7) is 5.96. The lowest BCUT2D eigenvalue weighted by atomic mass is 9.85. The molecule has 1 aromatic heterocycles. The zero-order valence-corrected chi connectivity index (χ0v) is 15.3. The standard InChI is InChI=1S/C19H25ClN4/c1-19(2,15-7-9-16(20)10-8-15)14-24-18(21-3)23-13-11-17-6-4-5-12-22-17/h4-10,12H,11,13-14H2,1-3H3,(H2,21,23,24). The summed E-state index contributed by atoms with van der Waals surface area (Å²) in [7, 11) is 1.78. The van der Waals surface area contributed by atoms with Gasteiger partial charge in [-0.1, -0.05) is 43.6 Å². The summed E-state index contributed by atoms with van der Waals surface area (Å²) in [6, 6.07) is 14.0. The number of aromatic nitrogens is 1. The fourth-order valence-electron chi connectivity index (χ4n) is 2.38. The van der Waals surface area contributed by atoms with Crippen LogP contribution in [0.1, 0.15) is 25.1 Å². The predicted octanol–water partition coefficient (Wildman–Crippen LogP) is 3.42. The summed E-state index contributed by atoms with van der Waals surface area (Å²) in [5.74, 6) is 0.799. The minimum Gasteiger partial charge on any atom is -0.356 e. The van der Waals surface area contributed by atoms with Gasteiger partial charge in [-0.25, -0.2) is 0 Å². The molecule has 0 fully saturated rings. The first-order valence-corrected chi connectivity index (χ1v) is 8.49. The quantitative estimate of drug-likeness (QED) is 0.623. The van der Waals surface area contributed by atoms with E-state index in [2.05, 4.69) is 46.6 Å². The Hall–Kier alpha value is -2.07. The van der Waals surface area contributed by atoms with Crippen molar-refractivity contribution in [1.29, 1.82) is 0 Å². The van der Waals surface area contributed by atoms with Gasteiger partial charge in [0.2, 0.25) is 0 Å². The molecular formula is C19H25ClN4.